The van der Waals surface area contributed by atoms with E-state index >= 15 is 0 Å². The van der Waals surface area contributed by atoms with E-state index in [1.54, 1.807) is 22.8 Å². The second-order valence-electron chi connectivity index (χ2n) is 5.24. The van der Waals surface area contributed by atoms with Gasteiger partial charge in [-0.3, -0.25) is 30.1 Å². The van der Waals surface area contributed by atoms with Crippen LogP contribution in [0.3, 0.4) is 0 Å². The zero-order valence-electron chi connectivity index (χ0n) is 13.4. The third-order valence-electron chi connectivity index (χ3n) is 3.46. The van der Waals surface area contributed by atoms with Gasteiger partial charge in [0, 0.05) is 23.6 Å². The summed E-state index contributed by atoms with van der Waals surface area (Å²) in [5.41, 5.74) is 5.09. The van der Waals surface area contributed by atoms with Crippen molar-refractivity contribution in [2.24, 2.45) is 0 Å². The number of H-pyrrole nitrogens is 1. The lowest BCUT2D eigenvalue weighted by atomic mass is 10.2. The number of aromatic nitrogens is 3. The highest BCUT2D eigenvalue weighted by molar-refractivity contribution is 7.71. The molecule has 134 valence electrons. The zero-order chi connectivity index (χ0) is 18.5. The minimum absolute atomic E-state index is 0.127. The van der Waals surface area contributed by atoms with Crippen molar-refractivity contribution in [2.75, 3.05) is 0 Å². The molecule has 0 bridgehead atoms. The number of aromatic amines is 1. The Morgan fingerprint density at radius 3 is 2.85 bits per heavy atom. The first-order chi connectivity index (χ1) is 12.5. The molecule has 2 heterocycles. The Kier molecular flexibility index (Phi) is 5.82. The molecule has 3 N–H and O–H groups in total. The van der Waals surface area contributed by atoms with Gasteiger partial charge < -0.3 is 0 Å². The van der Waals surface area contributed by atoms with Crippen LogP contribution >= 0.6 is 35.2 Å². The van der Waals surface area contributed by atoms with Gasteiger partial charge >= 0.3 is 0 Å². The van der Waals surface area contributed by atoms with E-state index in [0.717, 1.165) is 4.88 Å². The molecule has 26 heavy (non-hydrogen) atoms. The number of carbonyl (C=O) groups excluding carboxylic acids is 2. The molecule has 0 saturated heterocycles. The normalized spacial score (nSPS) is 10.5. The van der Waals surface area contributed by atoms with Gasteiger partial charge in [0.05, 0.1) is 4.88 Å². The van der Waals surface area contributed by atoms with Crippen LogP contribution in [0.2, 0.25) is 5.02 Å². The fourth-order valence-electron chi connectivity index (χ4n) is 2.22. The number of nitrogens with one attached hydrogen (secondary N) is 3. The molecule has 0 aliphatic rings. The van der Waals surface area contributed by atoms with Crippen LogP contribution in [0.5, 0.6) is 0 Å². The fraction of sp³-hybridized carbons (Fsp3) is 0.125. The first kappa shape index (κ1) is 18.3. The van der Waals surface area contributed by atoms with E-state index in [1.807, 2.05) is 17.5 Å². The van der Waals surface area contributed by atoms with Crippen LogP contribution in [0.4, 0.5) is 0 Å². The molecule has 0 aliphatic heterocycles. The molecule has 3 aromatic rings. The molecule has 0 fully saturated rings. The lowest BCUT2D eigenvalue weighted by molar-refractivity contribution is -0.122. The number of hydrogen-bond donors (Lipinski definition) is 3. The highest BCUT2D eigenvalue weighted by Gasteiger charge is 2.12. The number of rotatable bonds is 5. The van der Waals surface area contributed by atoms with E-state index in [4.69, 9.17) is 23.8 Å². The smallest absolute Gasteiger partial charge is 0.269 e. The van der Waals surface area contributed by atoms with Crippen molar-refractivity contribution < 1.29 is 9.59 Å². The topological polar surface area (TPSA) is 91.8 Å². The van der Waals surface area contributed by atoms with Gasteiger partial charge in [-0.25, -0.2) is 0 Å². The van der Waals surface area contributed by atoms with Crippen LogP contribution in [-0.2, 0) is 11.3 Å². The minimum Gasteiger partial charge on any atom is -0.299 e. The van der Waals surface area contributed by atoms with Gasteiger partial charge in [0.15, 0.2) is 10.6 Å². The highest BCUT2D eigenvalue weighted by atomic mass is 35.5. The van der Waals surface area contributed by atoms with Crippen molar-refractivity contribution in [3.05, 3.63) is 57.1 Å². The van der Waals surface area contributed by atoms with E-state index in [1.165, 1.54) is 17.4 Å². The molecule has 1 aromatic carbocycles. The summed E-state index contributed by atoms with van der Waals surface area (Å²) in [7, 11) is 0. The Balaban J connectivity index is 1.56. The van der Waals surface area contributed by atoms with Gasteiger partial charge in [-0.1, -0.05) is 23.7 Å². The van der Waals surface area contributed by atoms with Crippen LogP contribution < -0.4 is 10.9 Å². The largest absolute Gasteiger partial charge is 0.299 e. The number of halogens is 1. The molecule has 0 spiro atoms. The second kappa shape index (κ2) is 8.26. The number of amides is 2. The summed E-state index contributed by atoms with van der Waals surface area (Å²) in [6.07, 6.45) is 0.127. The maximum Gasteiger partial charge on any atom is 0.269 e. The van der Waals surface area contributed by atoms with Crippen molar-refractivity contribution >= 4 is 47.0 Å². The summed E-state index contributed by atoms with van der Waals surface area (Å²) >= 11 is 12.6. The van der Waals surface area contributed by atoms with Gasteiger partial charge in [0.2, 0.25) is 5.91 Å². The Labute approximate surface area is 163 Å². The predicted molar refractivity (Wildman–Crippen MR) is 102 cm³/mol. The Hall–Kier alpha value is -2.49. The second-order valence-corrected chi connectivity index (χ2v) is 7.01. The number of nitrogens with zero attached hydrogens (tertiary/aromatic N) is 2. The summed E-state index contributed by atoms with van der Waals surface area (Å²) in [5, 5.41) is 9.32. The van der Waals surface area contributed by atoms with E-state index < -0.39 is 5.91 Å². The SMILES string of the molecule is O=C(CCn1c(-c2cccs2)n[nH]c1=S)NNC(=O)c1cccc(Cl)c1. The van der Waals surface area contributed by atoms with Crippen molar-refractivity contribution in [2.45, 2.75) is 13.0 Å². The summed E-state index contributed by atoms with van der Waals surface area (Å²) in [6.45, 7) is 0.335. The standard InChI is InChI=1S/C16H14ClN5O2S2/c17-11-4-1-3-10(9-11)15(24)20-18-13(23)6-7-22-14(19-21-16(22)25)12-5-2-8-26-12/h1-5,8-9H,6-7H2,(H,18,23)(H,20,24)(H,21,25). The maximum atomic E-state index is 12.0. The van der Waals surface area contributed by atoms with E-state index in [2.05, 4.69) is 21.0 Å². The molecule has 0 aliphatic carbocycles. The molecule has 2 amide bonds. The molecule has 0 atom stereocenters. The monoisotopic (exact) mass is 407 g/mol. The number of thiophene rings is 1. The van der Waals surface area contributed by atoms with Gasteiger partial charge in [-0.05, 0) is 41.9 Å². The first-order valence-corrected chi connectivity index (χ1v) is 9.25. The maximum absolute atomic E-state index is 12.0. The van der Waals surface area contributed by atoms with Crippen molar-refractivity contribution in [3.8, 4) is 10.7 Å². The number of hydrazine groups is 1. The molecular formula is C16H14ClN5O2S2. The third kappa shape index (κ3) is 4.37. The molecule has 2 aromatic heterocycles. The minimum atomic E-state index is -0.444. The van der Waals surface area contributed by atoms with Crippen LogP contribution in [-0.4, -0.2) is 26.6 Å². The van der Waals surface area contributed by atoms with Gasteiger partial charge in [-0.15, -0.1) is 11.3 Å². The fourth-order valence-corrected chi connectivity index (χ4v) is 3.36. The predicted octanol–water partition coefficient (Wildman–Crippen LogP) is 3.17. The lowest BCUT2D eigenvalue weighted by Crippen LogP contribution is -2.41. The van der Waals surface area contributed by atoms with Crippen LogP contribution in [0.15, 0.2) is 41.8 Å². The van der Waals surface area contributed by atoms with E-state index in [9.17, 15) is 9.59 Å². The molecule has 3 rings (SSSR count). The van der Waals surface area contributed by atoms with E-state index in [-0.39, 0.29) is 12.3 Å². The summed E-state index contributed by atoms with van der Waals surface area (Å²) < 4.78 is 2.18. The first-order valence-electron chi connectivity index (χ1n) is 7.58. The number of carbonyl (C=O) groups is 2. The molecule has 0 unspecified atom stereocenters. The third-order valence-corrected chi connectivity index (χ3v) is 4.88. The lowest BCUT2D eigenvalue weighted by Gasteiger charge is -2.09. The van der Waals surface area contributed by atoms with Gasteiger partial charge in [0.1, 0.15) is 0 Å². The summed E-state index contributed by atoms with van der Waals surface area (Å²) in [6, 6.07) is 10.3. The average Bonchev–Trinajstić information content (AvgIpc) is 3.27. The van der Waals surface area contributed by atoms with Crippen molar-refractivity contribution in [3.63, 3.8) is 0 Å². The summed E-state index contributed by atoms with van der Waals surface area (Å²) in [5.74, 6) is -0.110. The van der Waals surface area contributed by atoms with Gasteiger partial charge in [-0.2, -0.15) is 5.10 Å². The quantitative estimate of drug-likeness (QED) is 0.447. The Morgan fingerprint density at radius 1 is 1.27 bits per heavy atom. The molecule has 0 saturated carbocycles. The number of hydrogen-bond acceptors (Lipinski definition) is 5. The molecule has 0 radical (unpaired) electrons. The molecular weight excluding hydrogens is 394 g/mol. The van der Waals surface area contributed by atoms with Crippen LogP contribution in [0.1, 0.15) is 16.8 Å². The van der Waals surface area contributed by atoms with Crippen molar-refractivity contribution in [1.82, 2.24) is 25.6 Å². The van der Waals surface area contributed by atoms with E-state index in [0.29, 0.717) is 27.7 Å². The van der Waals surface area contributed by atoms with Gasteiger partial charge in [0.25, 0.3) is 5.91 Å². The van der Waals surface area contributed by atoms with Crippen molar-refractivity contribution in [1.29, 1.82) is 0 Å². The number of benzene rings is 1. The van der Waals surface area contributed by atoms with Crippen LogP contribution in [0, 0.1) is 4.77 Å². The van der Waals surface area contributed by atoms with Crippen LogP contribution in [0.25, 0.3) is 10.7 Å². The summed E-state index contributed by atoms with van der Waals surface area (Å²) in [4.78, 5) is 25.0. The highest BCUT2D eigenvalue weighted by Crippen LogP contribution is 2.22. The zero-order valence-corrected chi connectivity index (χ0v) is 15.7. The average molecular weight is 408 g/mol. The Morgan fingerprint density at radius 2 is 2.12 bits per heavy atom. The Bertz CT molecular complexity index is 981. The molecule has 7 nitrogen and oxygen atoms in total. The molecule has 10 heteroatoms.